The highest BCUT2D eigenvalue weighted by Crippen LogP contribution is 2.61. The number of fused-ring (bicyclic) bond motifs is 12. The normalized spacial score (nSPS) is 15.0. The second-order valence-electron chi connectivity index (χ2n) is 23.2. The highest BCUT2D eigenvalue weighted by molar-refractivity contribution is 6.16. The lowest BCUT2D eigenvalue weighted by molar-refractivity contribution is 0.653. The van der Waals surface area contributed by atoms with Gasteiger partial charge in [-0.15, -0.1) is 0 Å². The molecule has 0 amide bonds. The zero-order chi connectivity index (χ0) is 53.2. The summed E-state index contributed by atoms with van der Waals surface area (Å²) in [6.07, 6.45) is 8.24. The van der Waals surface area contributed by atoms with E-state index in [1.807, 2.05) is 13.0 Å². The number of hydrogen-bond acceptors (Lipinski definition) is 1. The van der Waals surface area contributed by atoms with Gasteiger partial charge in [-0.3, -0.25) is 0 Å². The van der Waals surface area contributed by atoms with Crippen LogP contribution in [0.1, 0.15) is 81.8 Å². The van der Waals surface area contributed by atoms with Crippen molar-refractivity contribution >= 4 is 44.6 Å². The molecule has 1 aromatic heterocycles. The molecule has 0 bridgehead atoms. The molecule has 1 heterocycles. The van der Waals surface area contributed by atoms with Crippen molar-refractivity contribution in [1.82, 2.24) is 4.57 Å². The quantitative estimate of drug-likeness (QED) is 0.131. The van der Waals surface area contributed by atoms with E-state index in [2.05, 4.69) is 288 Å². The van der Waals surface area contributed by atoms with Crippen LogP contribution in [-0.4, -0.2) is 4.57 Å². The molecule has 0 N–H and O–H groups in total. The standard InChI is InChI=1S/C76H62N2/c1-9-11-28-51(10-2)78-67-34-21-19-30-59(67)70-54(31-22-35-68(70)78)50-37-39-52(40-38-50)77(69-36-23-33-63-72(69)58-29-18-20-32-62(58)74(63,3)4)53-41-42-57-60-46-66-61(47-65(60)75(5,6)64(57)45-53)71-55(48-24-14-12-15-25-48)43-44-56(73(71)76(66,7)8)49-26-16-13-17-27-49/h9-47H,2H2,1,3-8H3/b11-9-,51-28+. The van der Waals surface area contributed by atoms with E-state index < -0.39 is 0 Å². The number of benzene rings is 10. The van der Waals surface area contributed by atoms with Crippen LogP contribution in [0, 0.1) is 0 Å². The van der Waals surface area contributed by atoms with Gasteiger partial charge in [0.2, 0.25) is 0 Å². The van der Waals surface area contributed by atoms with Crippen molar-refractivity contribution in [2.45, 2.75) is 64.7 Å². The average Bonchev–Trinajstić information content (AvgIpc) is 4.32. The van der Waals surface area contributed by atoms with Crippen molar-refractivity contribution in [1.29, 1.82) is 0 Å². The van der Waals surface area contributed by atoms with Crippen LogP contribution < -0.4 is 4.90 Å². The fourth-order valence-corrected chi connectivity index (χ4v) is 14.1. The molecule has 3 aliphatic rings. The molecule has 0 unspecified atom stereocenters. The highest BCUT2D eigenvalue weighted by atomic mass is 15.1. The van der Waals surface area contributed by atoms with E-state index in [0.717, 1.165) is 28.1 Å². The van der Waals surface area contributed by atoms with Gasteiger partial charge in [0.25, 0.3) is 0 Å². The van der Waals surface area contributed by atoms with Gasteiger partial charge in [-0.2, -0.15) is 0 Å². The maximum atomic E-state index is 4.24. The lowest BCUT2D eigenvalue weighted by Crippen LogP contribution is -2.18. The van der Waals surface area contributed by atoms with Gasteiger partial charge < -0.3 is 9.47 Å². The number of allylic oxidation sites excluding steroid dienone is 5. The van der Waals surface area contributed by atoms with E-state index >= 15 is 0 Å². The summed E-state index contributed by atoms with van der Waals surface area (Å²) in [6.45, 7) is 20.8. The van der Waals surface area contributed by atoms with E-state index in [0.29, 0.717) is 0 Å². The van der Waals surface area contributed by atoms with Crippen molar-refractivity contribution < 1.29 is 0 Å². The third kappa shape index (κ3) is 6.82. The molecule has 0 atom stereocenters. The Morgan fingerprint density at radius 2 is 0.987 bits per heavy atom. The van der Waals surface area contributed by atoms with Gasteiger partial charge in [-0.25, -0.2) is 0 Å². The maximum absolute atomic E-state index is 4.24. The van der Waals surface area contributed by atoms with Crippen molar-refractivity contribution in [3.05, 3.63) is 277 Å². The summed E-state index contributed by atoms with van der Waals surface area (Å²) >= 11 is 0. The second-order valence-corrected chi connectivity index (χ2v) is 23.2. The predicted molar refractivity (Wildman–Crippen MR) is 332 cm³/mol. The Morgan fingerprint density at radius 1 is 0.423 bits per heavy atom. The topological polar surface area (TPSA) is 8.17 Å². The van der Waals surface area contributed by atoms with Crippen LogP contribution >= 0.6 is 0 Å². The van der Waals surface area contributed by atoms with Gasteiger partial charge in [0.15, 0.2) is 0 Å². The lowest BCUT2D eigenvalue weighted by Gasteiger charge is -2.30. The summed E-state index contributed by atoms with van der Waals surface area (Å²) in [4.78, 5) is 2.53. The molecule has 0 aliphatic heterocycles. The molecule has 2 nitrogen and oxygen atoms in total. The number of anilines is 3. The zero-order valence-corrected chi connectivity index (χ0v) is 45.6. The Kier molecular flexibility index (Phi) is 10.7. The Hall–Kier alpha value is -8.98. The minimum Gasteiger partial charge on any atom is -0.310 e. The van der Waals surface area contributed by atoms with Crippen LogP contribution in [0.25, 0.3) is 94.3 Å². The molecule has 0 saturated heterocycles. The Bertz CT molecular complexity index is 4350. The molecule has 0 spiro atoms. The van der Waals surface area contributed by atoms with E-state index in [1.165, 1.54) is 117 Å². The smallest absolute Gasteiger partial charge is 0.0547 e. The largest absolute Gasteiger partial charge is 0.310 e. The molecule has 0 saturated carbocycles. The summed E-state index contributed by atoms with van der Waals surface area (Å²) < 4.78 is 2.34. The monoisotopic (exact) mass is 1000 g/mol. The third-order valence-electron chi connectivity index (χ3n) is 17.9. The molecule has 14 rings (SSSR count). The minimum absolute atomic E-state index is 0.153. The van der Waals surface area contributed by atoms with Crippen LogP contribution in [0.5, 0.6) is 0 Å². The predicted octanol–water partition coefficient (Wildman–Crippen LogP) is 20.8. The lowest BCUT2D eigenvalue weighted by atomic mass is 9.77. The van der Waals surface area contributed by atoms with Crippen molar-refractivity contribution in [3.8, 4) is 66.8 Å². The van der Waals surface area contributed by atoms with Crippen molar-refractivity contribution in [2.24, 2.45) is 0 Å². The number of hydrogen-bond donors (Lipinski definition) is 0. The first-order valence-electron chi connectivity index (χ1n) is 27.7. The average molecular weight is 1000 g/mol. The van der Waals surface area contributed by atoms with Gasteiger partial charge in [-0.1, -0.05) is 218 Å². The maximum Gasteiger partial charge on any atom is 0.0547 e. The van der Waals surface area contributed by atoms with E-state index in [-0.39, 0.29) is 16.2 Å². The summed E-state index contributed by atoms with van der Waals surface area (Å²) in [5, 5.41) is 2.45. The first-order chi connectivity index (χ1) is 37.9. The molecule has 10 aromatic carbocycles. The van der Waals surface area contributed by atoms with E-state index in [1.54, 1.807) is 0 Å². The van der Waals surface area contributed by atoms with E-state index in [9.17, 15) is 0 Å². The van der Waals surface area contributed by atoms with Gasteiger partial charge in [-0.05, 0) is 168 Å². The van der Waals surface area contributed by atoms with Crippen LogP contribution in [0.2, 0.25) is 0 Å². The molecule has 3 aliphatic carbocycles. The molecule has 2 heteroatoms. The molecule has 78 heavy (non-hydrogen) atoms. The SMILES string of the molecule is C=C/C(=C\C=C/C)n1c2ccccc2c2c(-c3ccc(N(c4ccc5c(c4)C(C)(C)c4cc6c(cc4-5)C(C)(C)c4c(-c5ccccc5)ccc(-c5ccccc5)c4-6)c4cccc5c4-c4ccccc4C5(C)C)cc3)cccc21. The molecule has 0 radical (unpaired) electrons. The van der Waals surface area contributed by atoms with Crippen LogP contribution in [-0.2, 0) is 16.2 Å². The van der Waals surface area contributed by atoms with E-state index in [4.69, 9.17) is 0 Å². The summed E-state index contributed by atoms with van der Waals surface area (Å²) in [5.41, 5.74) is 29.8. The molecule has 11 aromatic rings. The van der Waals surface area contributed by atoms with Gasteiger partial charge in [0, 0.05) is 49.7 Å². The molecule has 376 valence electrons. The van der Waals surface area contributed by atoms with Gasteiger partial charge in [0.05, 0.1) is 16.7 Å². The summed E-state index contributed by atoms with van der Waals surface area (Å²) in [7, 11) is 0. The fourth-order valence-electron chi connectivity index (χ4n) is 14.1. The number of para-hydroxylation sites is 1. The van der Waals surface area contributed by atoms with Gasteiger partial charge in [0.1, 0.15) is 0 Å². The van der Waals surface area contributed by atoms with Gasteiger partial charge >= 0.3 is 0 Å². The summed E-state index contributed by atoms with van der Waals surface area (Å²) in [6, 6.07) is 79.9. The number of rotatable bonds is 9. The zero-order valence-electron chi connectivity index (χ0n) is 45.6. The number of aromatic nitrogens is 1. The highest BCUT2D eigenvalue weighted by Gasteiger charge is 2.44. The Balaban J connectivity index is 0.938. The fraction of sp³-hybridized carbons (Fsp3) is 0.132. The first-order valence-corrected chi connectivity index (χ1v) is 27.7. The van der Waals surface area contributed by atoms with Crippen LogP contribution in [0.3, 0.4) is 0 Å². The Labute approximate surface area is 459 Å². The van der Waals surface area contributed by atoms with Crippen molar-refractivity contribution in [3.63, 3.8) is 0 Å². The first kappa shape index (κ1) is 47.5. The molecular formula is C76H62N2. The second kappa shape index (κ2) is 17.5. The summed E-state index contributed by atoms with van der Waals surface area (Å²) in [5.74, 6) is 0. The van der Waals surface area contributed by atoms with Crippen LogP contribution in [0.4, 0.5) is 17.1 Å². The molecule has 0 fully saturated rings. The van der Waals surface area contributed by atoms with Crippen LogP contribution in [0.15, 0.2) is 243 Å². The minimum atomic E-state index is -0.291. The molecular weight excluding hydrogens is 941 g/mol. The van der Waals surface area contributed by atoms with Crippen molar-refractivity contribution in [2.75, 3.05) is 4.90 Å². The number of nitrogens with zero attached hydrogens (tertiary/aromatic N) is 2. The Morgan fingerprint density at radius 3 is 1.74 bits per heavy atom. The third-order valence-corrected chi connectivity index (χ3v) is 17.9.